The molecule has 0 radical (unpaired) electrons. The van der Waals surface area contributed by atoms with E-state index in [1.54, 1.807) is 4.90 Å². The molecule has 0 unspecified atom stereocenters. The fourth-order valence-corrected chi connectivity index (χ4v) is 4.42. The summed E-state index contributed by atoms with van der Waals surface area (Å²) in [5.41, 5.74) is 4.83. The lowest BCUT2D eigenvalue weighted by Gasteiger charge is -2.39. The number of nitrogens with zero attached hydrogens (tertiary/aromatic N) is 2. The first-order chi connectivity index (χ1) is 14.0. The number of hydrogen-bond donors (Lipinski definition) is 1. The lowest BCUT2D eigenvalue weighted by atomic mass is 9.98. The van der Waals surface area contributed by atoms with E-state index in [4.69, 9.17) is 9.84 Å². The van der Waals surface area contributed by atoms with Crippen LogP contribution >= 0.6 is 0 Å². The number of carbonyl (C=O) groups excluding carboxylic acids is 1. The number of benzene rings is 2. The second kappa shape index (κ2) is 8.25. The molecular formula is C23H26N2O4. The average Bonchev–Trinajstić information content (AvgIpc) is 3.05. The summed E-state index contributed by atoms with van der Waals surface area (Å²) in [6.07, 6.45) is -0.174. The molecule has 2 aromatic rings. The van der Waals surface area contributed by atoms with Gasteiger partial charge in [-0.3, -0.25) is 9.69 Å². The van der Waals surface area contributed by atoms with E-state index in [2.05, 4.69) is 29.2 Å². The first-order valence-electron chi connectivity index (χ1n) is 10.1. The second-order valence-corrected chi connectivity index (χ2v) is 7.78. The molecule has 1 N–H and O–H groups in total. The minimum Gasteiger partial charge on any atom is -0.481 e. The van der Waals surface area contributed by atoms with Gasteiger partial charge < -0.3 is 14.7 Å². The molecule has 1 amide bonds. The van der Waals surface area contributed by atoms with E-state index < -0.39 is 5.97 Å². The van der Waals surface area contributed by atoms with Gasteiger partial charge in [0.1, 0.15) is 6.61 Å². The Bertz CT molecular complexity index is 868. The van der Waals surface area contributed by atoms with Crippen LogP contribution in [0.4, 0.5) is 4.79 Å². The number of hydrogen-bond acceptors (Lipinski definition) is 4. The van der Waals surface area contributed by atoms with Crippen LogP contribution in [0.3, 0.4) is 0 Å². The Kier molecular flexibility index (Phi) is 5.53. The van der Waals surface area contributed by atoms with Crippen LogP contribution in [0, 0.1) is 0 Å². The number of aliphatic carboxylic acids is 1. The zero-order chi connectivity index (χ0) is 20.4. The molecule has 4 rings (SSSR count). The Labute approximate surface area is 170 Å². The predicted molar refractivity (Wildman–Crippen MR) is 110 cm³/mol. The summed E-state index contributed by atoms with van der Waals surface area (Å²) in [7, 11) is 0. The molecule has 152 valence electrons. The largest absolute Gasteiger partial charge is 0.481 e. The number of carboxylic acids is 1. The van der Waals surface area contributed by atoms with Crippen LogP contribution in [0.15, 0.2) is 48.5 Å². The third kappa shape index (κ3) is 3.98. The SMILES string of the molecule is C[C@H]1CN(C(=O)OCC2c3ccccc3-c3ccccc32)CCN1CCC(=O)O. The maximum absolute atomic E-state index is 12.7. The molecular weight excluding hydrogens is 368 g/mol. The smallest absolute Gasteiger partial charge is 0.409 e. The van der Waals surface area contributed by atoms with Gasteiger partial charge in [0, 0.05) is 38.1 Å². The van der Waals surface area contributed by atoms with Crippen molar-refractivity contribution in [2.45, 2.75) is 25.3 Å². The van der Waals surface area contributed by atoms with Crippen molar-refractivity contribution in [1.82, 2.24) is 9.80 Å². The summed E-state index contributed by atoms with van der Waals surface area (Å²) < 4.78 is 5.74. The summed E-state index contributed by atoms with van der Waals surface area (Å²) in [6, 6.07) is 16.7. The summed E-state index contributed by atoms with van der Waals surface area (Å²) in [5.74, 6) is -0.739. The van der Waals surface area contributed by atoms with Gasteiger partial charge in [-0.05, 0) is 29.2 Å². The van der Waals surface area contributed by atoms with Crippen LogP contribution in [0.2, 0.25) is 0 Å². The summed E-state index contributed by atoms with van der Waals surface area (Å²) in [6.45, 7) is 4.62. The summed E-state index contributed by atoms with van der Waals surface area (Å²) in [4.78, 5) is 27.3. The van der Waals surface area contributed by atoms with Crippen molar-refractivity contribution in [1.29, 1.82) is 0 Å². The van der Waals surface area contributed by atoms with Gasteiger partial charge >= 0.3 is 12.1 Å². The number of carboxylic acid groups (broad SMARTS) is 1. The lowest BCUT2D eigenvalue weighted by molar-refractivity contribution is -0.137. The Balaban J connectivity index is 1.38. The minimum absolute atomic E-state index is 0.0561. The molecule has 0 spiro atoms. The third-order valence-corrected chi connectivity index (χ3v) is 5.97. The third-order valence-electron chi connectivity index (χ3n) is 5.97. The molecule has 29 heavy (non-hydrogen) atoms. The highest BCUT2D eigenvalue weighted by Gasteiger charge is 2.31. The Morgan fingerprint density at radius 3 is 2.24 bits per heavy atom. The molecule has 2 aliphatic rings. The monoisotopic (exact) mass is 394 g/mol. The number of rotatable bonds is 5. The quantitative estimate of drug-likeness (QED) is 0.842. The number of fused-ring (bicyclic) bond motifs is 3. The zero-order valence-electron chi connectivity index (χ0n) is 16.6. The number of carbonyl (C=O) groups is 2. The van der Waals surface area contributed by atoms with Crippen LogP contribution in [0.1, 0.15) is 30.4 Å². The second-order valence-electron chi connectivity index (χ2n) is 7.78. The number of piperazine rings is 1. The van der Waals surface area contributed by atoms with Gasteiger partial charge in [-0.1, -0.05) is 48.5 Å². The molecule has 6 heteroatoms. The molecule has 0 saturated carbocycles. The maximum atomic E-state index is 12.7. The fraction of sp³-hybridized carbons (Fsp3) is 0.391. The van der Waals surface area contributed by atoms with Crippen molar-refractivity contribution in [2.24, 2.45) is 0 Å². The predicted octanol–water partition coefficient (Wildman–Crippen LogP) is 3.42. The van der Waals surface area contributed by atoms with Gasteiger partial charge in [0.15, 0.2) is 0 Å². The van der Waals surface area contributed by atoms with Crippen molar-refractivity contribution in [2.75, 3.05) is 32.8 Å². The molecule has 1 saturated heterocycles. The lowest BCUT2D eigenvalue weighted by Crippen LogP contribution is -2.54. The number of ether oxygens (including phenoxy) is 1. The van der Waals surface area contributed by atoms with E-state index >= 15 is 0 Å². The molecule has 6 nitrogen and oxygen atoms in total. The van der Waals surface area contributed by atoms with Crippen LogP contribution < -0.4 is 0 Å². The molecule has 0 aromatic heterocycles. The molecule has 1 atom stereocenters. The fourth-order valence-electron chi connectivity index (χ4n) is 4.42. The minimum atomic E-state index is -0.795. The highest BCUT2D eigenvalue weighted by molar-refractivity contribution is 5.79. The van der Waals surface area contributed by atoms with E-state index in [0.29, 0.717) is 32.8 Å². The first-order valence-corrected chi connectivity index (χ1v) is 10.1. The Morgan fingerprint density at radius 1 is 1.03 bits per heavy atom. The maximum Gasteiger partial charge on any atom is 0.409 e. The Hall–Kier alpha value is -2.86. The van der Waals surface area contributed by atoms with Crippen molar-refractivity contribution in [3.05, 3.63) is 59.7 Å². The number of amides is 1. The summed E-state index contributed by atoms with van der Waals surface area (Å²) in [5, 5.41) is 8.87. The summed E-state index contributed by atoms with van der Waals surface area (Å²) >= 11 is 0. The van der Waals surface area contributed by atoms with Crippen molar-refractivity contribution in [3.63, 3.8) is 0 Å². The Morgan fingerprint density at radius 2 is 1.66 bits per heavy atom. The highest BCUT2D eigenvalue weighted by atomic mass is 16.6. The van der Waals surface area contributed by atoms with Crippen LogP contribution in [-0.2, 0) is 9.53 Å². The molecule has 2 aromatic carbocycles. The van der Waals surface area contributed by atoms with Gasteiger partial charge in [-0.25, -0.2) is 4.79 Å². The van der Waals surface area contributed by atoms with Crippen LogP contribution in [-0.4, -0.2) is 65.8 Å². The first kappa shape index (κ1) is 19.5. The molecule has 1 fully saturated rings. The van der Waals surface area contributed by atoms with Gasteiger partial charge in [0.25, 0.3) is 0 Å². The van der Waals surface area contributed by atoms with Gasteiger partial charge in [-0.15, -0.1) is 0 Å². The average molecular weight is 394 g/mol. The van der Waals surface area contributed by atoms with E-state index in [0.717, 1.165) is 0 Å². The highest BCUT2D eigenvalue weighted by Crippen LogP contribution is 2.44. The van der Waals surface area contributed by atoms with Crippen LogP contribution in [0.5, 0.6) is 0 Å². The van der Waals surface area contributed by atoms with E-state index in [1.165, 1.54) is 22.3 Å². The zero-order valence-corrected chi connectivity index (χ0v) is 16.6. The van der Waals surface area contributed by atoms with Gasteiger partial charge in [-0.2, -0.15) is 0 Å². The standard InChI is InChI=1S/C23H26N2O4/c1-16-14-25(13-12-24(16)11-10-22(26)27)23(28)29-15-21-19-8-4-2-6-17(19)18-7-3-5-9-20(18)21/h2-9,16,21H,10-15H2,1H3,(H,26,27)/t16-/m0/s1. The molecule has 1 aliphatic heterocycles. The van der Waals surface area contributed by atoms with Gasteiger partial charge in [0.2, 0.25) is 0 Å². The van der Waals surface area contributed by atoms with Crippen LogP contribution in [0.25, 0.3) is 11.1 Å². The van der Waals surface area contributed by atoms with Crippen molar-refractivity contribution >= 4 is 12.1 Å². The molecule has 0 bridgehead atoms. The molecule has 1 heterocycles. The molecule has 1 aliphatic carbocycles. The van der Waals surface area contributed by atoms with Gasteiger partial charge in [0.05, 0.1) is 6.42 Å². The van der Waals surface area contributed by atoms with Crippen molar-refractivity contribution in [3.8, 4) is 11.1 Å². The van der Waals surface area contributed by atoms with E-state index in [9.17, 15) is 9.59 Å². The van der Waals surface area contributed by atoms with E-state index in [-0.39, 0.29) is 24.5 Å². The normalized spacial score (nSPS) is 18.9. The topological polar surface area (TPSA) is 70.1 Å². The van der Waals surface area contributed by atoms with Crippen molar-refractivity contribution < 1.29 is 19.4 Å². The van der Waals surface area contributed by atoms with E-state index in [1.807, 2.05) is 31.2 Å².